The Morgan fingerprint density at radius 2 is 2.32 bits per heavy atom. The first-order valence-electron chi connectivity index (χ1n) is 6.87. The Kier molecular flexibility index (Phi) is 3.14. The van der Waals surface area contributed by atoms with E-state index in [-0.39, 0.29) is 0 Å². The fraction of sp³-hybridized carbons (Fsp3) is 0.571. The molecule has 1 aliphatic heterocycles. The highest BCUT2D eigenvalue weighted by atomic mass is 16.4. The van der Waals surface area contributed by atoms with Gasteiger partial charge in [-0.1, -0.05) is 13.8 Å². The van der Waals surface area contributed by atoms with E-state index >= 15 is 0 Å². The van der Waals surface area contributed by atoms with Crippen LogP contribution in [-0.4, -0.2) is 21.3 Å². The Morgan fingerprint density at radius 3 is 3.00 bits per heavy atom. The minimum absolute atomic E-state index is 0.582. The molecule has 19 heavy (non-hydrogen) atoms. The molecule has 0 aliphatic carbocycles. The number of oxazole rings is 1. The average molecular weight is 260 g/mol. The SMILES string of the molecule is Cc1cnc(-c2nn(CC(C)C)c3c2CNCC3)o1. The summed E-state index contributed by atoms with van der Waals surface area (Å²) in [6.07, 6.45) is 2.77. The summed E-state index contributed by atoms with van der Waals surface area (Å²) in [5, 5.41) is 8.14. The molecule has 0 spiro atoms. The van der Waals surface area contributed by atoms with Gasteiger partial charge >= 0.3 is 0 Å². The van der Waals surface area contributed by atoms with Crippen LogP contribution in [0.3, 0.4) is 0 Å². The Balaban J connectivity index is 2.06. The van der Waals surface area contributed by atoms with Gasteiger partial charge in [-0.2, -0.15) is 5.10 Å². The van der Waals surface area contributed by atoms with Crippen LogP contribution in [-0.2, 0) is 19.5 Å². The standard InChI is InChI=1S/C14H20N4O/c1-9(2)8-18-12-4-5-15-7-11(12)13(17-18)14-16-6-10(3)19-14/h6,9,15H,4-5,7-8H2,1-3H3. The lowest BCUT2D eigenvalue weighted by Crippen LogP contribution is -2.25. The third-order valence-electron chi connectivity index (χ3n) is 3.37. The molecule has 3 heterocycles. The molecule has 5 heteroatoms. The first-order valence-corrected chi connectivity index (χ1v) is 6.87. The van der Waals surface area contributed by atoms with Crippen molar-refractivity contribution in [1.82, 2.24) is 20.1 Å². The van der Waals surface area contributed by atoms with Crippen LogP contribution in [0, 0.1) is 12.8 Å². The molecule has 1 N–H and O–H groups in total. The zero-order valence-corrected chi connectivity index (χ0v) is 11.7. The van der Waals surface area contributed by atoms with Gasteiger partial charge < -0.3 is 9.73 Å². The molecular formula is C14H20N4O. The molecule has 2 aromatic rings. The molecule has 0 saturated heterocycles. The van der Waals surface area contributed by atoms with Crippen molar-refractivity contribution in [1.29, 1.82) is 0 Å². The van der Waals surface area contributed by atoms with Crippen LogP contribution < -0.4 is 5.32 Å². The van der Waals surface area contributed by atoms with Crippen molar-refractivity contribution < 1.29 is 4.42 Å². The minimum atomic E-state index is 0.582. The number of aryl methyl sites for hydroxylation is 1. The quantitative estimate of drug-likeness (QED) is 0.918. The van der Waals surface area contributed by atoms with E-state index in [1.807, 2.05) is 6.92 Å². The second kappa shape index (κ2) is 4.81. The van der Waals surface area contributed by atoms with Crippen molar-refractivity contribution in [3.63, 3.8) is 0 Å². The molecule has 0 saturated carbocycles. The largest absolute Gasteiger partial charge is 0.440 e. The molecule has 3 rings (SSSR count). The summed E-state index contributed by atoms with van der Waals surface area (Å²) in [7, 11) is 0. The van der Waals surface area contributed by atoms with Gasteiger partial charge in [0, 0.05) is 37.3 Å². The molecule has 0 aromatic carbocycles. The average Bonchev–Trinajstić information content (AvgIpc) is 2.94. The van der Waals surface area contributed by atoms with Crippen LogP contribution in [0.1, 0.15) is 30.9 Å². The van der Waals surface area contributed by atoms with Crippen LogP contribution in [0.2, 0.25) is 0 Å². The summed E-state index contributed by atoms with van der Waals surface area (Å²) in [4.78, 5) is 4.32. The van der Waals surface area contributed by atoms with Crippen LogP contribution in [0.25, 0.3) is 11.6 Å². The van der Waals surface area contributed by atoms with Gasteiger partial charge in [-0.3, -0.25) is 4.68 Å². The van der Waals surface area contributed by atoms with Gasteiger partial charge in [0.05, 0.1) is 6.20 Å². The first-order chi connectivity index (χ1) is 9.15. The molecule has 1 aliphatic rings. The number of hydrogen-bond donors (Lipinski definition) is 1. The second-order valence-electron chi connectivity index (χ2n) is 5.55. The molecule has 0 atom stereocenters. The van der Waals surface area contributed by atoms with E-state index in [4.69, 9.17) is 9.52 Å². The van der Waals surface area contributed by atoms with Gasteiger partial charge in [0.1, 0.15) is 5.76 Å². The lowest BCUT2D eigenvalue weighted by Gasteiger charge is -2.16. The monoisotopic (exact) mass is 260 g/mol. The number of nitrogens with one attached hydrogen (secondary N) is 1. The van der Waals surface area contributed by atoms with Gasteiger partial charge in [0.25, 0.3) is 0 Å². The van der Waals surface area contributed by atoms with E-state index in [9.17, 15) is 0 Å². The minimum Gasteiger partial charge on any atom is -0.440 e. The van der Waals surface area contributed by atoms with E-state index in [1.54, 1.807) is 6.20 Å². The highest BCUT2D eigenvalue weighted by molar-refractivity contribution is 5.55. The molecule has 0 unspecified atom stereocenters. The summed E-state index contributed by atoms with van der Waals surface area (Å²) in [6.45, 7) is 9.15. The Labute approximate surface area is 113 Å². The first kappa shape index (κ1) is 12.4. The highest BCUT2D eigenvalue weighted by Crippen LogP contribution is 2.27. The molecule has 0 amide bonds. The van der Waals surface area contributed by atoms with E-state index in [1.165, 1.54) is 11.3 Å². The van der Waals surface area contributed by atoms with Gasteiger partial charge in [0.15, 0.2) is 5.69 Å². The summed E-state index contributed by atoms with van der Waals surface area (Å²) in [6, 6.07) is 0. The van der Waals surface area contributed by atoms with E-state index in [0.29, 0.717) is 11.8 Å². The number of hydrogen-bond acceptors (Lipinski definition) is 4. The normalized spacial score (nSPS) is 14.9. The lowest BCUT2D eigenvalue weighted by molar-refractivity contribution is 0.459. The third kappa shape index (κ3) is 2.30. The number of aromatic nitrogens is 3. The molecule has 0 radical (unpaired) electrons. The van der Waals surface area contributed by atoms with Crippen LogP contribution in [0.15, 0.2) is 10.6 Å². The van der Waals surface area contributed by atoms with E-state index < -0.39 is 0 Å². The van der Waals surface area contributed by atoms with Gasteiger partial charge in [-0.15, -0.1) is 0 Å². The van der Waals surface area contributed by atoms with Crippen molar-refractivity contribution in [3.05, 3.63) is 23.2 Å². The molecule has 102 valence electrons. The van der Waals surface area contributed by atoms with Crippen molar-refractivity contribution >= 4 is 0 Å². The fourth-order valence-electron chi connectivity index (χ4n) is 2.55. The fourth-order valence-corrected chi connectivity index (χ4v) is 2.55. The maximum absolute atomic E-state index is 5.64. The summed E-state index contributed by atoms with van der Waals surface area (Å²) in [5.41, 5.74) is 3.48. The zero-order valence-electron chi connectivity index (χ0n) is 11.7. The number of rotatable bonds is 3. The second-order valence-corrected chi connectivity index (χ2v) is 5.55. The molecule has 5 nitrogen and oxygen atoms in total. The van der Waals surface area contributed by atoms with E-state index in [2.05, 4.69) is 28.8 Å². The zero-order chi connectivity index (χ0) is 13.4. The molecule has 0 bridgehead atoms. The van der Waals surface area contributed by atoms with Gasteiger partial charge in [0.2, 0.25) is 5.89 Å². The predicted molar refractivity (Wildman–Crippen MR) is 72.7 cm³/mol. The van der Waals surface area contributed by atoms with Crippen LogP contribution >= 0.6 is 0 Å². The van der Waals surface area contributed by atoms with Gasteiger partial charge in [-0.25, -0.2) is 4.98 Å². The van der Waals surface area contributed by atoms with E-state index in [0.717, 1.165) is 37.5 Å². The highest BCUT2D eigenvalue weighted by Gasteiger charge is 2.24. The summed E-state index contributed by atoms with van der Waals surface area (Å²) < 4.78 is 7.77. The lowest BCUT2D eigenvalue weighted by atomic mass is 10.1. The summed E-state index contributed by atoms with van der Waals surface area (Å²) in [5.74, 6) is 2.05. The molecule has 0 fully saturated rings. The van der Waals surface area contributed by atoms with Crippen molar-refractivity contribution in [2.24, 2.45) is 5.92 Å². The number of fused-ring (bicyclic) bond motifs is 1. The number of nitrogens with zero attached hydrogens (tertiary/aromatic N) is 3. The topological polar surface area (TPSA) is 55.9 Å². The molecule has 2 aromatic heterocycles. The van der Waals surface area contributed by atoms with Crippen molar-refractivity contribution in [3.8, 4) is 11.6 Å². The summed E-state index contributed by atoms with van der Waals surface area (Å²) >= 11 is 0. The maximum atomic E-state index is 5.64. The smallest absolute Gasteiger partial charge is 0.247 e. The third-order valence-corrected chi connectivity index (χ3v) is 3.37. The Morgan fingerprint density at radius 1 is 1.47 bits per heavy atom. The Hall–Kier alpha value is -1.62. The van der Waals surface area contributed by atoms with Crippen molar-refractivity contribution in [2.45, 2.75) is 40.3 Å². The van der Waals surface area contributed by atoms with Crippen LogP contribution in [0.4, 0.5) is 0 Å². The maximum Gasteiger partial charge on any atom is 0.247 e. The Bertz CT molecular complexity index is 582. The van der Waals surface area contributed by atoms with Crippen molar-refractivity contribution in [2.75, 3.05) is 6.54 Å². The van der Waals surface area contributed by atoms with Crippen LogP contribution in [0.5, 0.6) is 0 Å². The predicted octanol–water partition coefficient (Wildman–Crippen LogP) is 2.15. The van der Waals surface area contributed by atoms with Gasteiger partial charge in [-0.05, 0) is 12.8 Å². The molecular weight excluding hydrogens is 240 g/mol.